The summed E-state index contributed by atoms with van der Waals surface area (Å²) in [5.41, 5.74) is 5.85. The van der Waals surface area contributed by atoms with Crippen LogP contribution in [0.4, 0.5) is 5.69 Å². The predicted octanol–water partition coefficient (Wildman–Crippen LogP) is 0.703. The number of benzene rings is 1. The number of anilines is 1. The zero-order chi connectivity index (χ0) is 11.2. The monoisotopic (exact) mass is 322 g/mol. The van der Waals surface area contributed by atoms with Gasteiger partial charge in [-0.15, -0.1) is 0 Å². The summed E-state index contributed by atoms with van der Waals surface area (Å²) in [7, 11) is -3.58. The van der Waals surface area contributed by atoms with Crippen LogP contribution in [0.1, 0.15) is 0 Å². The quantitative estimate of drug-likeness (QED) is 0.590. The van der Waals surface area contributed by atoms with E-state index in [1.807, 2.05) is 0 Å². The maximum atomic E-state index is 10.7. The van der Waals surface area contributed by atoms with Crippen molar-refractivity contribution in [3.05, 3.63) is 24.3 Å². The second-order valence-corrected chi connectivity index (χ2v) is 7.03. The van der Waals surface area contributed by atoms with Crippen molar-refractivity contribution in [3.8, 4) is 0 Å². The molecule has 0 aliphatic rings. The van der Waals surface area contributed by atoms with E-state index in [4.69, 9.17) is 10.9 Å². The zero-order valence-electron chi connectivity index (χ0n) is 8.19. The molecule has 0 atom stereocenters. The molecule has 0 aromatic heterocycles. The van der Waals surface area contributed by atoms with Crippen LogP contribution in [0.5, 0.6) is 0 Å². The van der Waals surface area contributed by atoms with Gasteiger partial charge in [0.1, 0.15) is 0 Å². The molecule has 0 fully saturated rings. The molecule has 0 spiro atoms. The third-order valence-electron chi connectivity index (χ3n) is 1.21. The third-order valence-corrected chi connectivity index (χ3v) is 2.14. The van der Waals surface area contributed by atoms with Crippen molar-refractivity contribution in [3.63, 3.8) is 0 Å². The van der Waals surface area contributed by atoms with Crippen LogP contribution < -0.4 is 10.9 Å². The summed E-state index contributed by atoms with van der Waals surface area (Å²) in [6.45, 7) is 0. The first-order valence-corrected chi connectivity index (χ1v) is 11.1. The van der Waals surface area contributed by atoms with Gasteiger partial charge >= 0.3 is 31.0 Å². The van der Waals surface area contributed by atoms with E-state index in [0.29, 0.717) is 5.69 Å². The standard InChI is InChI=1S/C6H8N2O2S.2CH3.Sn/c7-5-1-3-6(4-2-5)11(8,9)10;;;/h1-4H,7H2,(H2,8,9,10);2*1H3;. The van der Waals surface area contributed by atoms with E-state index >= 15 is 0 Å². The van der Waals surface area contributed by atoms with Crippen LogP contribution >= 0.6 is 0 Å². The van der Waals surface area contributed by atoms with Crippen LogP contribution in [0.25, 0.3) is 0 Å². The number of sulfonamides is 1. The first-order valence-electron chi connectivity index (χ1n) is 3.88. The summed E-state index contributed by atoms with van der Waals surface area (Å²) in [5, 5.41) is 4.84. The van der Waals surface area contributed by atoms with E-state index in [1.165, 1.54) is 24.3 Å². The van der Waals surface area contributed by atoms with E-state index in [0.717, 1.165) is 0 Å². The van der Waals surface area contributed by atoms with Crippen LogP contribution in [-0.2, 0) is 10.0 Å². The molecule has 1 rings (SSSR count). The minimum absolute atomic E-state index is 0.0756. The number of hydrogen-bond donors (Lipinski definition) is 2. The summed E-state index contributed by atoms with van der Waals surface area (Å²) in [6.07, 6.45) is 0. The molecule has 0 bridgehead atoms. The second kappa shape index (κ2) is 6.26. The fraction of sp³-hybridized carbons (Fsp3) is 0.250. The Labute approximate surface area is 95.0 Å². The molecule has 14 heavy (non-hydrogen) atoms. The fourth-order valence-corrected chi connectivity index (χ4v) is 1.17. The molecule has 1 aromatic carbocycles. The van der Waals surface area contributed by atoms with Crippen molar-refractivity contribution in [2.45, 2.75) is 14.8 Å². The van der Waals surface area contributed by atoms with Gasteiger partial charge < -0.3 is 5.73 Å². The molecule has 4 N–H and O–H groups in total. The summed E-state index contributed by atoms with van der Waals surface area (Å²) in [6, 6.07) is 5.70. The first-order chi connectivity index (χ1) is 6.41. The number of primary sulfonamides is 1. The van der Waals surface area contributed by atoms with Gasteiger partial charge in [0.2, 0.25) is 10.0 Å². The van der Waals surface area contributed by atoms with E-state index in [2.05, 4.69) is 9.88 Å². The van der Waals surface area contributed by atoms with E-state index in [1.54, 1.807) is 0 Å². The molecule has 6 heteroatoms. The summed E-state index contributed by atoms with van der Waals surface area (Å²) < 4.78 is 21.4. The average molecular weight is 321 g/mol. The van der Waals surface area contributed by atoms with Crippen LogP contribution in [0.3, 0.4) is 0 Å². The Hall–Kier alpha value is -0.271. The van der Waals surface area contributed by atoms with Gasteiger partial charge in [0, 0.05) is 5.69 Å². The summed E-state index contributed by atoms with van der Waals surface area (Å²) >= 11 is 0.230. The Morgan fingerprint density at radius 3 is 1.79 bits per heavy atom. The molecule has 2 radical (unpaired) electrons. The molecule has 0 unspecified atom stereocenters. The van der Waals surface area contributed by atoms with Crippen LogP contribution in [0.2, 0.25) is 9.88 Å². The van der Waals surface area contributed by atoms with Crippen molar-refractivity contribution in [1.82, 2.24) is 0 Å². The first kappa shape index (κ1) is 13.7. The average Bonchev–Trinajstić information content (AvgIpc) is 2.04. The van der Waals surface area contributed by atoms with Gasteiger partial charge in [0.25, 0.3) is 0 Å². The maximum absolute atomic E-state index is 10.7. The molecular formula is C8H14N2O2SSn. The number of rotatable bonds is 1. The molecule has 0 saturated carbocycles. The molecule has 4 nitrogen and oxygen atoms in total. The van der Waals surface area contributed by atoms with Crippen molar-refractivity contribution in [1.29, 1.82) is 0 Å². The van der Waals surface area contributed by atoms with Gasteiger partial charge in [-0.3, -0.25) is 0 Å². The number of hydrogen-bond acceptors (Lipinski definition) is 3. The van der Waals surface area contributed by atoms with Gasteiger partial charge in [-0.2, -0.15) is 0 Å². The Morgan fingerprint density at radius 2 is 1.50 bits per heavy atom. The van der Waals surface area contributed by atoms with Crippen LogP contribution in [0, 0.1) is 0 Å². The Bertz CT molecular complexity index is 361. The van der Waals surface area contributed by atoms with Gasteiger partial charge in [-0.05, 0) is 24.3 Å². The Kier molecular flexibility index (Phi) is 6.14. The molecule has 0 amide bonds. The molecule has 0 aliphatic carbocycles. The predicted molar refractivity (Wildman–Crippen MR) is 59.7 cm³/mol. The van der Waals surface area contributed by atoms with E-state index in [-0.39, 0.29) is 26.0 Å². The molecule has 0 saturated heterocycles. The van der Waals surface area contributed by atoms with Crippen molar-refractivity contribution < 1.29 is 8.42 Å². The minimum atomic E-state index is -3.58. The summed E-state index contributed by atoms with van der Waals surface area (Å²) in [5.74, 6) is 0. The van der Waals surface area contributed by atoms with E-state index < -0.39 is 10.0 Å². The van der Waals surface area contributed by atoms with Gasteiger partial charge in [-0.1, -0.05) is 0 Å². The van der Waals surface area contributed by atoms with Crippen LogP contribution in [0.15, 0.2) is 29.2 Å². The van der Waals surface area contributed by atoms with Crippen LogP contribution in [-0.4, -0.2) is 29.6 Å². The van der Waals surface area contributed by atoms with Crippen molar-refractivity contribution in [2.75, 3.05) is 5.73 Å². The van der Waals surface area contributed by atoms with Gasteiger partial charge in [0.05, 0.1) is 4.90 Å². The SMILES string of the molecule is Nc1ccc(S(N)(=O)=O)cc1.[CH3][Sn][CH3]. The zero-order valence-corrected chi connectivity index (χ0v) is 11.9. The van der Waals surface area contributed by atoms with E-state index in [9.17, 15) is 8.42 Å². The molecule has 1 aromatic rings. The Morgan fingerprint density at radius 1 is 1.14 bits per heavy atom. The Balaban J connectivity index is 0.000000500. The second-order valence-electron chi connectivity index (χ2n) is 2.61. The van der Waals surface area contributed by atoms with Gasteiger partial charge in [0.15, 0.2) is 0 Å². The molecule has 0 heterocycles. The summed E-state index contributed by atoms with van der Waals surface area (Å²) in [4.78, 5) is 4.67. The van der Waals surface area contributed by atoms with Gasteiger partial charge in [-0.25, -0.2) is 13.6 Å². The molecular weight excluding hydrogens is 307 g/mol. The third kappa shape index (κ3) is 5.46. The molecule has 78 valence electrons. The number of nitrogens with two attached hydrogens (primary N) is 2. The number of nitrogen functional groups attached to an aromatic ring is 1. The normalized spacial score (nSPS) is 10.2. The molecule has 0 aliphatic heterocycles. The van der Waals surface area contributed by atoms with Crippen molar-refractivity contribution >= 4 is 36.9 Å². The fourth-order valence-electron chi connectivity index (χ4n) is 0.658. The topological polar surface area (TPSA) is 86.2 Å². The van der Waals surface area contributed by atoms with Crippen molar-refractivity contribution in [2.24, 2.45) is 5.14 Å².